The van der Waals surface area contributed by atoms with Crippen molar-refractivity contribution in [2.24, 2.45) is 0 Å². The molecule has 0 unspecified atom stereocenters. The van der Waals surface area contributed by atoms with E-state index in [0.717, 1.165) is 22.2 Å². The van der Waals surface area contributed by atoms with Crippen LogP contribution in [0.4, 0.5) is 5.95 Å². The van der Waals surface area contributed by atoms with Gasteiger partial charge in [-0.25, -0.2) is 9.97 Å². The summed E-state index contributed by atoms with van der Waals surface area (Å²) in [6.45, 7) is 0. The Kier molecular flexibility index (Phi) is 1.91. The summed E-state index contributed by atoms with van der Waals surface area (Å²) in [6.07, 6.45) is 0. The number of hydrogen-bond donors (Lipinski definition) is 1. The number of nitrogens with zero attached hydrogens (tertiary/aromatic N) is 2. The maximum absolute atomic E-state index is 5.80. The minimum atomic E-state index is 0.330. The molecule has 0 amide bonds. The van der Waals surface area contributed by atoms with E-state index in [4.69, 9.17) is 5.73 Å². The zero-order chi connectivity index (χ0) is 12.1. The van der Waals surface area contributed by atoms with Gasteiger partial charge in [0.25, 0.3) is 0 Å². The third-order valence-electron chi connectivity index (χ3n) is 3.06. The van der Waals surface area contributed by atoms with Crippen LogP contribution in [0.15, 0.2) is 52.3 Å². The Morgan fingerprint density at radius 1 is 0.889 bits per heavy atom. The molecule has 1 aliphatic heterocycles. The fourth-order valence-electron chi connectivity index (χ4n) is 2.32. The van der Waals surface area contributed by atoms with Gasteiger partial charge < -0.3 is 5.73 Å². The second kappa shape index (κ2) is 3.46. The SMILES string of the molecule is Nc1nc2c3c(cccc3n1)Sc1ccccc1-2. The van der Waals surface area contributed by atoms with Gasteiger partial charge in [-0.3, -0.25) is 0 Å². The maximum Gasteiger partial charge on any atom is 0.221 e. The van der Waals surface area contributed by atoms with Crippen molar-refractivity contribution in [3.8, 4) is 11.3 Å². The van der Waals surface area contributed by atoms with Gasteiger partial charge in [-0.1, -0.05) is 36.0 Å². The third-order valence-corrected chi connectivity index (χ3v) is 4.20. The molecule has 0 aliphatic carbocycles. The summed E-state index contributed by atoms with van der Waals surface area (Å²) in [5.41, 5.74) is 8.80. The quantitative estimate of drug-likeness (QED) is 0.520. The molecule has 0 atom stereocenters. The van der Waals surface area contributed by atoms with Crippen molar-refractivity contribution in [1.82, 2.24) is 9.97 Å². The molecular weight excluding hydrogens is 242 g/mol. The highest BCUT2D eigenvalue weighted by Crippen LogP contribution is 2.46. The summed E-state index contributed by atoms with van der Waals surface area (Å²) >= 11 is 1.76. The van der Waals surface area contributed by atoms with Crippen LogP contribution in [0.25, 0.3) is 22.2 Å². The molecule has 0 spiro atoms. The van der Waals surface area contributed by atoms with E-state index < -0.39 is 0 Å². The summed E-state index contributed by atoms with van der Waals surface area (Å²) in [7, 11) is 0. The van der Waals surface area contributed by atoms with Gasteiger partial charge in [0.15, 0.2) is 0 Å². The highest BCUT2D eigenvalue weighted by atomic mass is 32.2. The molecule has 4 rings (SSSR count). The fourth-order valence-corrected chi connectivity index (χ4v) is 3.43. The predicted octanol–water partition coefficient (Wildman–Crippen LogP) is 3.34. The maximum atomic E-state index is 5.80. The Labute approximate surface area is 108 Å². The van der Waals surface area contributed by atoms with Crippen molar-refractivity contribution in [3.05, 3.63) is 42.5 Å². The van der Waals surface area contributed by atoms with E-state index in [-0.39, 0.29) is 0 Å². The van der Waals surface area contributed by atoms with Crippen LogP contribution in [0.1, 0.15) is 0 Å². The van der Waals surface area contributed by atoms with Crippen LogP contribution >= 0.6 is 11.8 Å². The monoisotopic (exact) mass is 251 g/mol. The minimum Gasteiger partial charge on any atom is -0.368 e. The van der Waals surface area contributed by atoms with E-state index in [1.165, 1.54) is 9.79 Å². The molecule has 4 heteroatoms. The number of anilines is 1. The lowest BCUT2D eigenvalue weighted by molar-refractivity contribution is 1.21. The van der Waals surface area contributed by atoms with Gasteiger partial charge >= 0.3 is 0 Å². The van der Waals surface area contributed by atoms with Crippen molar-refractivity contribution in [1.29, 1.82) is 0 Å². The molecule has 1 aromatic heterocycles. The van der Waals surface area contributed by atoms with Gasteiger partial charge in [-0.15, -0.1) is 0 Å². The van der Waals surface area contributed by atoms with E-state index in [2.05, 4.69) is 28.2 Å². The second-order valence-electron chi connectivity index (χ2n) is 4.18. The van der Waals surface area contributed by atoms with Crippen molar-refractivity contribution < 1.29 is 0 Å². The van der Waals surface area contributed by atoms with Crippen LogP contribution in [0.3, 0.4) is 0 Å². The summed E-state index contributed by atoms with van der Waals surface area (Å²) in [5.74, 6) is 0.330. The lowest BCUT2D eigenvalue weighted by Crippen LogP contribution is -2.01. The Balaban J connectivity index is 2.22. The number of nitrogens with two attached hydrogens (primary N) is 1. The molecule has 1 aliphatic rings. The number of rotatable bonds is 0. The van der Waals surface area contributed by atoms with Gasteiger partial charge in [0.2, 0.25) is 5.95 Å². The highest BCUT2D eigenvalue weighted by molar-refractivity contribution is 7.99. The summed E-state index contributed by atoms with van der Waals surface area (Å²) in [5, 5.41) is 1.11. The summed E-state index contributed by atoms with van der Waals surface area (Å²) in [4.78, 5) is 11.1. The van der Waals surface area contributed by atoms with E-state index in [9.17, 15) is 0 Å². The first-order chi connectivity index (χ1) is 8.83. The van der Waals surface area contributed by atoms with E-state index in [1.807, 2.05) is 24.3 Å². The number of fused-ring (bicyclic) bond motifs is 2. The van der Waals surface area contributed by atoms with E-state index in [1.54, 1.807) is 11.8 Å². The second-order valence-corrected chi connectivity index (χ2v) is 5.26. The molecule has 2 N–H and O–H groups in total. The fraction of sp³-hybridized carbons (Fsp3) is 0. The number of benzene rings is 2. The topological polar surface area (TPSA) is 51.8 Å². The van der Waals surface area contributed by atoms with Crippen LogP contribution in [0, 0.1) is 0 Å². The number of hydrogen-bond acceptors (Lipinski definition) is 4. The normalized spacial score (nSPS) is 12.4. The molecule has 2 aromatic carbocycles. The average molecular weight is 251 g/mol. The van der Waals surface area contributed by atoms with Crippen LogP contribution < -0.4 is 5.73 Å². The summed E-state index contributed by atoms with van der Waals surface area (Å²) in [6, 6.07) is 14.4. The predicted molar refractivity (Wildman–Crippen MR) is 73.5 cm³/mol. The smallest absolute Gasteiger partial charge is 0.221 e. The van der Waals surface area contributed by atoms with Crippen LogP contribution in [0.5, 0.6) is 0 Å². The zero-order valence-electron chi connectivity index (χ0n) is 9.42. The molecule has 3 nitrogen and oxygen atoms in total. The Bertz CT molecular complexity index is 783. The standard InChI is InChI=1S/C14H9N3S/c15-14-16-9-5-3-7-11-12(9)13(17-14)8-4-1-2-6-10(8)18-11/h1-7H,(H2,15,16,17). The molecule has 0 fully saturated rings. The van der Waals surface area contributed by atoms with E-state index >= 15 is 0 Å². The molecule has 0 saturated carbocycles. The number of nitrogen functional groups attached to an aromatic ring is 1. The molecule has 0 saturated heterocycles. The van der Waals surface area contributed by atoms with Gasteiger partial charge in [0.05, 0.1) is 11.2 Å². The molecule has 0 bridgehead atoms. The molecule has 2 heterocycles. The molecule has 86 valence electrons. The Morgan fingerprint density at radius 3 is 2.67 bits per heavy atom. The van der Waals surface area contributed by atoms with Crippen LogP contribution in [-0.4, -0.2) is 9.97 Å². The van der Waals surface area contributed by atoms with Crippen LogP contribution in [-0.2, 0) is 0 Å². The van der Waals surface area contributed by atoms with Crippen molar-refractivity contribution in [2.45, 2.75) is 9.79 Å². The van der Waals surface area contributed by atoms with Crippen molar-refractivity contribution >= 4 is 28.6 Å². The minimum absolute atomic E-state index is 0.330. The first kappa shape index (κ1) is 9.91. The van der Waals surface area contributed by atoms with Crippen LogP contribution in [0.2, 0.25) is 0 Å². The van der Waals surface area contributed by atoms with Gasteiger partial charge in [-0.05, 0) is 18.2 Å². The van der Waals surface area contributed by atoms with Crippen molar-refractivity contribution in [2.75, 3.05) is 5.73 Å². The average Bonchev–Trinajstić information content (AvgIpc) is 2.38. The largest absolute Gasteiger partial charge is 0.368 e. The van der Waals surface area contributed by atoms with Gasteiger partial charge in [-0.2, -0.15) is 0 Å². The molecule has 0 radical (unpaired) electrons. The lowest BCUT2D eigenvalue weighted by atomic mass is 10.1. The molecular formula is C14H9N3S. The first-order valence-electron chi connectivity index (χ1n) is 5.66. The van der Waals surface area contributed by atoms with Gasteiger partial charge in [0, 0.05) is 20.7 Å². The third kappa shape index (κ3) is 1.26. The molecule has 3 aromatic rings. The zero-order valence-corrected chi connectivity index (χ0v) is 10.2. The summed E-state index contributed by atoms with van der Waals surface area (Å²) < 4.78 is 0. The van der Waals surface area contributed by atoms with Crippen molar-refractivity contribution in [3.63, 3.8) is 0 Å². The van der Waals surface area contributed by atoms with Gasteiger partial charge in [0.1, 0.15) is 0 Å². The number of aromatic nitrogens is 2. The molecule has 18 heavy (non-hydrogen) atoms. The first-order valence-corrected chi connectivity index (χ1v) is 6.48. The highest BCUT2D eigenvalue weighted by Gasteiger charge is 2.20. The Hall–Kier alpha value is -2.07. The van der Waals surface area contributed by atoms with E-state index in [0.29, 0.717) is 5.95 Å². The Morgan fingerprint density at radius 2 is 1.72 bits per heavy atom. The lowest BCUT2D eigenvalue weighted by Gasteiger charge is -2.18.